The van der Waals surface area contributed by atoms with Gasteiger partial charge in [0.25, 0.3) is 5.91 Å². The molecule has 22 heavy (non-hydrogen) atoms. The molecule has 0 aliphatic rings. The Bertz CT molecular complexity index is 657. The van der Waals surface area contributed by atoms with Crippen molar-refractivity contribution in [1.29, 1.82) is 0 Å². The third-order valence-corrected chi connectivity index (χ3v) is 5.13. The number of aromatic nitrogens is 1. The van der Waals surface area contributed by atoms with Crippen molar-refractivity contribution >= 4 is 21.7 Å². The van der Waals surface area contributed by atoms with E-state index in [2.05, 4.69) is 4.98 Å². The number of sulfone groups is 1. The van der Waals surface area contributed by atoms with Gasteiger partial charge in [0.2, 0.25) is 0 Å². The third-order valence-electron chi connectivity index (χ3n) is 3.26. The molecule has 0 radical (unpaired) electrons. The first kappa shape index (κ1) is 18.1. The number of rotatable bonds is 7. The zero-order valence-electron chi connectivity index (χ0n) is 12.8. The highest BCUT2D eigenvalue weighted by Crippen LogP contribution is 2.10. The van der Waals surface area contributed by atoms with Gasteiger partial charge in [0.1, 0.15) is 11.4 Å². The molecule has 0 aliphatic carbocycles. The van der Waals surface area contributed by atoms with Gasteiger partial charge >= 0.3 is 5.97 Å². The van der Waals surface area contributed by atoms with Crippen molar-refractivity contribution in [2.24, 2.45) is 0 Å². The SMILES string of the molecule is CCN(C(=O)c1cccc(C(=O)O)n1)C(C)CS(=O)(=O)CC. The first-order valence-corrected chi connectivity index (χ1v) is 8.75. The Balaban J connectivity index is 3.02. The van der Waals surface area contributed by atoms with E-state index in [-0.39, 0.29) is 22.9 Å². The predicted molar refractivity (Wildman–Crippen MR) is 81.7 cm³/mol. The van der Waals surface area contributed by atoms with Crippen LogP contribution in [0.15, 0.2) is 18.2 Å². The van der Waals surface area contributed by atoms with E-state index in [1.165, 1.54) is 23.1 Å². The summed E-state index contributed by atoms with van der Waals surface area (Å²) in [4.78, 5) is 28.5. The number of carbonyl (C=O) groups is 2. The van der Waals surface area contributed by atoms with Gasteiger partial charge in [-0.25, -0.2) is 18.2 Å². The lowest BCUT2D eigenvalue weighted by atomic mass is 10.2. The minimum Gasteiger partial charge on any atom is -0.477 e. The summed E-state index contributed by atoms with van der Waals surface area (Å²) in [6.45, 7) is 5.24. The highest BCUT2D eigenvalue weighted by Gasteiger charge is 2.25. The second-order valence-electron chi connectivity index (χ2n) is 4.85. The molecule has 122 valence electrons. The fraction of sp³-hybridized carbons (Fsp3) is 0.500. The molecule has 0 saturated heterocycles. The average Bonchev–Trinajstić information content (AvgIpc) is 2.47. The Kier molecular flexibility index (Phi) is 6.04. The number of aromatic carboxylic acids is 1. The quantitative estimate of drug-likeness (QED) is 0.802. The van der Waals surface area contributed by atoms with Crippen molar-refractivity contribution in [3.05, 3.63) is 29.6 Å². The standard InChI is InChI=1S/C14H20N2O5S/c1-4-16(10(3)9-22(20,21)5-2)13(17)11-7-6-8-12(15-11)14(18)19/h6-8,10H,4-5,9H2,1-3H3,(H,18,19). The first-order chi connectivity index (χ1) is 10.2. The molecular formula is C14H20N2O5S. The predicted octanol–water partition coefficient (Wildman–Crippen LogP) is 1.07. The molecule has 0 aliphatic heterocycles. The zero-order chi connectivity index (χ0) is 16.9. The van der Waals surface area contributed by atoms with E-state index in [9.17, 15) is 18.0 Å². The van der Waals surface area contributed by atoms with Crippen LogP contribution in [-0.4, -0.2) is 59.4 Å². The summed E-state index contributed by atoms with van der Waals surface area (Å²) < 4.78 is 23.4. The molecule has 0 fully saturated rings. The number of nitrogens with zero attached hydrogens (tertiary/aromatic N) is 2. The van der Waals surface area contributed by atoms with Crippen LogP contribution in [0.4, 0.5) is 0 Å². The first-order valence-electron chi connectivity index (χ1n) is 6.93. The molecule has 1 N–H and O–H groups in total. The molecule has 0 saturated carbocycles. The topological polar surface area (TPSA) is 105 Å². The highest BCUT2D eigenvalue weighted by atomic mass is 32.2. The number of pyridine rings is 1. The van der Waals surface area contributed by atoms with Gasteiger partial charge in [-0.15, -0.1) is 0 Å². The Morgan fingerprint density at radius 3 is 2.36 bits per heavy atom. The van der Waals surface area contributed by atoms with Gasteiger partial charge < -0.3 is 10.0 Å². The molecular weight excluding hydrogens is 308 g/mol. The molecule has 0 aromatic carbocycles. The van der Waals surface area contributed by atoms with Crippen molar-refractivity contribution in [2.75, 3.05) is 18.1 Å². The maximum atomic E-state index is 12.4. The zero-order valence-corrected chi connectivity index (χ0v) is 13.6. The fourth-order valence-electron chi connectivity index (χ4n) is 2.05. The summed E-state index contributed by atoms with van der Waals surface area (Å²) in [5.41, 5.74) is -0.238. The van der Waals surface area contributed by atoms with Gasteiger partial charge in [-0.05, 0) is 26.0 Å². The van der Waals surface area contributed by atoms with Crippen molar-refractivity contribution in [3.8, 4) is 0 Å². The number of hydrogen-bond acceptors (Lipinski definition) is 5. The van der Waals surface area contributed by atoms with Crippen LogP contribution in [0.5, 0.6) is 0 Å². The lowest BCUT2D eigenvalue weighted by molar-refractivity contribution is 0.0689. The van der Waals surface area contributed by atoms with Gasteiger partial charge in [0, 0.05) is 18.3 Å². The lowest BCUT2D eigenvalue weighted by Crippen LogP contribution is -2.43. The smallest absolute Gasteiger partial charge is 0.354 e. The normalized spacial score (nSPS) is 12.7. The Morgan fingerprint density at radius 2 is 1.86 bits per heavy atom. The molecule has 1 rings (SSSR count). The second kappa shape index (κ2) is 7.35. The maximum Gasteiger partial charge on any atom is 0.354 e. The molecule has 1 unspecified atom stereocenters. The van der Waals surface area contributed by atoms with E-state index in [1.807, 2.05) is 0 Å². The lowest BCUT2D eigenvalue weighted by Gasteiger charge is -2.27. The van der Waals surface area contributed by atoms with E-state index < -0.39 is 27.8 Å². The minimum absolute atomic E-state index is 0.00976. The van der Waals surface area contributed by atoms with E-state index in [1.54, 1.807) is 20.8 Å². The summed E-state index contributed by atoms with van der Waals surface area (Å²) in [6, 6.07) is 3.63. The van der Waals surface area contributed by atoms with Crippen molar-refractivity contribution < 1.29 is 23.1 Å². The van der Waals surface area contributed by atoms with E-state index in [0.29, 0.717) is 6.54 Å². The molecule has 7 nitrogen and oxygen atoms in total. The van der Waals surface area contributed by atoms with Crippen molar-refractivity contribution in [2.45, 2.75) is 26.8 Å². The second-order valence-corrected chi connectivity index (χ2v) is 7.25. The van der Waals surface area contributed by atoms with Crippen LogP contribution < -0.4 is 0 Å². The summed E-state index contributed by atoms with van der Waals surface area (Å²) in [5.74, 6) is -1.83. The number of carboxylic acid groups (broad SMARTS) is 1. The molecule has 1 aromatic heterocycles. The molecule has 1 aromatic rings. The van der Waals surface area contributed by atoms with Crippen LogP contribution in [0.1, 0.15) is 41.7 Å². The number of hydrogen-bond donors (Lipinski definition) is 1. The number of amides is 1. The molecule has 1 heterocycles. The third kappa shape index (κ3) is 4.52. The van der Waals surface area contributed by atoms with E-state index >= 15 is 0 Å². The number of carbonyl (C=O) groups excluding carboxylic acids is 1. The highest BCUT2D eigenvalue weighted by molar-refractivity contribution is 7.91. The van der Waals surface area contributed by atoms with Gasteiger partial charge in [0.15, 0.2) is 9.84 Å². The Labute approximate surface area is 129 Å². The van der Waals surface area contributed by atoms with Crippen LogP contribution in [0, 0.1) is 0 Å². The van der Waals surface area contributed by atoms with Crippen molar-refractivity contribution in [1.82, 2.24) is 9.88 Å². The Hall–Kier alpha value is -1.96. The van der Waals surface area contributed by atoms with E-state index in [0.717, 1.165) is 0 Å². The molecule has 8 heteroatoms. The summed E-state index contributed by atoms with van der Waals surface area (Å²) >= 11 is 0. The van der Waals surface area contributed by atoms with Gasteiger partial charge in [0.05, 0.1) is 5.75 Å². The molecule has 0 spiro atoms. The Morgan fingerprint density at radius 1 is 1.27 bits per heavy atom. The fourth-order valence-corrected chi connectivity index (χ4v) is 3.20. The summed E-state index contributed by atoms with van der Waals surface area (Å²) in [6.07, 6.45) is 0. The summed E-state index contributed by atoms with van der Waals surface area (Å²) in [5, 5.41) is 8.91. The van der Waals surface area contributed by atoms with Gasteiger partial charge in [-0.1, -0.05) is 13.0 Å². The van der Waals surface area contributed by atoms with E-state index in [4.69, 9.17) is 5.11 Å². The maximum absolute atomic E-state index is 12.4. The number of carboxylic acids is 1. The monoisotopic (exact) mass is 328 g/mol. The van der Waals surface area contributed by atoms with Crippen LogP contribution in [-0.2, 0) is 9.84 Å². The largest absolute Gasteiger partial charge is 0.477 e. The summed E-state index contributed by atoms with van der Waals surface area (Å²) in [7, 11) is -3.22. The molecule has 1 atom stereocenters. The van der Waals surface area contributed by atoms with Crippen LogP contribution in [0.2, 0.25) is 0 Å². The van der Waals surface area contributed by atoms with Crippen molar-refractivity contribution in [3.63, 3.8) is 0 Å². The van der Waals surface area contributed by atoms with Crippen LogP contribution in [0.3, 0.4) is 0 Å². The van der Waals surface area contributed by atoms with Crippen LogP contribution >= 0.6 is 0 Å². The van der Waals surface area contributed by atoms with Crippen LogP contribution in [0.25, 0.3) is 0 Å². The minimum atomic E-state index is -3.22. The average molecular weight is 328 g/mol. The van der Waals surface area contributed by atoms with Gasteiger partial charge in [-0.3, -0.25) is 4.79 Å². The van der Waals surface area contributed by atoms with Gasteiger partial charge in [-0.2, -0.15) is 0 Å². The molecule has 1 amide bonds. The molecule has 0 bridgehead atoms.